The number of alkyl halides is 1. The number of likely N-dealkylation sites (tertiary alicyclic amines) is 1. The smallest absolute Gasteiger partial charge is 0.434 e. The van der Waals surface area contributed by atoms with Crippen LogP contribution in [0.3, 0.4) is 0 Å². The van der Waals surface area contributed by atoms with Crippen LogP contribution in [0.2, 0.25) is 0 Å². The van der Waals surface area contributed by atoms with Crippen molar-refractivity contribution in [1.82, 2.24) is 15.7 Å². The van der Waals surface area contributed by atoms with Crippen LogP contribution in [0.1, 0.15) is 70.4 Å². The van der Waals surface area contributed by atoms with Gasteiger partial charge in [-0.2, -0.15) is 5.48 Å². The van der Waals surface area contributed by atoms with Crippen LogP contribution >= 0.6 is 0 Å². The fourth-order valence-electron chi connectivity index (χ4n) is 4.92. The predicted molar refractivity (Wildman–Crippen MR) is 127 cm³/mol. The molecule has 1 saturated heterocycles. The van der Waals surface area contributed by atoms with E-state index in [0.29, 0.717) is 12.1 Å². The number of carbonyl (C=O) groups excluding carboxylic acids is 3. The minimum absolute atomic E-state index is 0.0782. The summed E-state index contributed by atoms with van der Waals surface area (Å²) in [6, 6.07) is 12.2. The zero-order chi connectivity index (χ0) is 24.9. The van der Waals surface area contributed by atoms with Crippen molar-refractivity contribution in [3.63, 3.8) is 0 Å². The molecule has 2 aromatic carbocycles. The van der Waals surface area contributed by atoms with Gasteiger partial charge in [0.15, 0.2) is 0 Å². The lowest BCUT2D eigenvalue weighted by Crippen LogP contribution is -2.46. The maximum absolute atomic E-state index is 14.0. The van der Waals surface area contributed by atoms with E-state index in [0.717, 1.165) is 31.2 Å². The first-order chi connectivity index (χ1) is 17.0. The highest BCUT2D eigenvalue weighted by atomic mass is 19.1. The fraction of sp³-hybridized carbons (Fsp3) is 0.423. The number of hydrogen-bond acceptors (Lipinski definition) is 5. The van der Waals surface area contributed by atoms with Gasteiger partial charge in [0.1, 0.15) is 18.5 Å². The molecular formula is C26H30FN3O5. The Hall–Kier alpha value is -3.62. The van der Waals surface area contributed by atoms with Crippen LogP contribution in [0.25, 0.3) is 0 Å². The zero-order valence-corrected chi connectivity index (χ0v) is 19.9. The first-order valence-corrected chi connectivity index (χ1v) is 11.9. The molecule has 0 aliphatic carbocycles. The zero-order valence-electron chi connectivity index (χ0n) is 19.9. The maximum atomic E-state index is 14.0. The van der Waals surface area contributed by atoms with Crippen molar-refractivity contribution in [3.8, 4) is 5.75 Å². The third-order valence-electron chi connectivity index (χ3n) is 6.70. The molecule has 35 heavy (non-hydrogen) atoms. The summed E-state index contributed by atoms with van der Waals surface area (Å²) in [5.41, 5.74) is 3.76. The summed E-state index contributed by atoms with van der Waals surface area (Å²) in [7, 11) is 1.46. The molecule has 186 valence electrons. The molecule has 2 aliphatic heterocycles. The lowest BCUT2D eigenvalue weighted by Gasteiger charge is -2.33. The fourth-order valence-corrected chi connectivity index (χ4v) is 4.92. The normalized spacial score (nSPS) is 21.0. The quantitative estimate of drug-likeness (QED) is 0.628. The van der Waals surface area contributed by atoms with Crippen molar-refractivity contribution in [1.29, 1.82) is 0 Å². The Morgan fingerprint density at radius 2 is 1.91 bits per heavy atom. The average molecular weight is 484 g/mol. The Kier molecular flexibility index (Phi) is 7.53. The van der Waals surface area contributed by atoms with Gasteiger partial charge in [-0.3, -0.25) is 9.59 Å². The van der Waals surface area contributed by atoms with Crippen molar-refractivity contribution in [2.75, 3.05) is 20.3 Å². The summed E-state index contributed by atoms with van der Waals surface area (Å²) in [6.07, 6.45) is 2.20. The first kappa shape index (κ1) is 24.5. The van der Waals surface area contributed by atoms with Crippen LogP contribution in [0.15, 0.2) is 42.5 Å². The molecule has 0 radical (unpaired) electrons. The number of rotatable bonds is 5. The molecule has 0 aromatic heterocycles. The highest BCUT2D eigenvalue weighted by Gasteiger charge is 2.39. The van der Waals surface area contributed by atoms with Gasteiger partial charge in [0.05, 0.1) is 11.5 Å². The minimum Gasteiger partial charge on any atom is -0.486 e. The van der Waals surface area contributed by atoms with Gasteiger partial charge < -0.3 is 19.8 Å². The van der Waals surface area contributed by atoms with Gasteiger partial charge in [-0.1, -0.05) is 37.3 Å². The molecule has 3 amide bonds. The van der Waals surface area contributed by atoms with E-state index in [1.165, 1.54) is 13.1 Å². The highest BCUT2D eigenvalue weighted by molar-refractivity contribution is 6.02. The number of nitrogens with one attached hydrogen (secondary N) is 2. The van der Waals surface area contributed by atoms with Gasteiger partial charge in [-0.15, -0.1) is 0 Å². The number of ether oxygens (including phenoxy) is 1. The van der Waals surface area contributed by atoms with Crippen LogP contribution in [0.4, 0.5) is 9.18 Å². The molecule has 0 bridgehead atoms. The highest BCUT2D eigenvalue weighted by Crippen LogP contribution is 2.45. The summed E-state index contributed by atoms with van der Waals surface area (Å²) in [4.78, 5) is 45.0. The van der Waals surface area contributed by atoms with Gasteiger partial charge in [-0.25, -0.2) is 9.18 Å². The Labute approximate surface area is 203 Å². The largest absolute Gasteiger partial charge is 0.486 e. The van der Waals surface area contributed by atoms with Gasteiger partial charge >= 0.3 is 6.09 Å². The van der Waals surface area contributed by atoms with Crippen molar-refractivity contribution in [2.24, 2.45) is 0 Å². The Morgan fingerprint density at radius 3 is 2.60 bits per heavy atom. The number of halogens is 1. The van der Waals surface area contributed by atoms with Crippen LogP contribution in [-0.2, 0) is 4.84 Å². The third kappa shape index (κ3) is 4.94. The van der Waals surface area contributed by atoms with Gasteiger partial charge in [0.2, 0.25) is 0 Å². The number of fused-ring (bicyclic) bond motifs is 1. The number of piperidine rings is 1. The summed E-state index contributed by atoms with van der Waals surface area (Å²) in [6.45, 7) is 1.82. The van der Waals surface area contributed by atoms with E-state index in [9.17, 15) is 18.8 Å². The number of carbonyl (C=O) groups is 3. The second-order valence-electron chi connectivity index (χ2n) is 8.77. The van der Waals surface area contributed by atoms with E-state index in [1.807, 2.05) is 37.3 Å². The van der Waals surface area contributed by atoms with E-state index >= 15 is 0 Å². The van der Waals surface area contributed by atoms with Gasteiger partial charge in [0.25, 0.3) is 11.8 Å². The molecule has 2 aliphatic rings. The van der Waals surface area contributed by atoms with Crippen molar-refractivity contribution < 1.29 is 28.3 Å². The molecule has 0 saturated carbocycles. The molecular weight excluding hydrogens is 453 g/mol. The molecule has 0 spiro atoms. The van der Waals surface area contributed by atoms with E-state index in [-0.39, 0.29) is 22.9 Å². The molecule has 2 aromatic rings. The summed E-state index contributed by atoms with van der Waals surface area (Å²) < 4.78 is 19.8. The van der Waals surface area contributed by atoms with Crippen LogP contribution in [0.5, 0.6) is 5.75 Å². The number of hydroxylamine groups is 1. The Balaban J connectivity index is 1.62. The van der Waals surface area contributed by atoms with Crippen molar-refractivity contribution >= 4 is 17.9 Å². The Morgan fingerprint density at radius 1 is 1.14 bits per heavy atom. The molecule has 3 atom stereocenters. The number of nitrogens with zero attached hydrogens (tertiary/aromatic N) is 1. The van der Waals surface area contributed by atoms with Gasteiger partial charge in [0, 0.05) is 30.8 Å². The standard InChI is InChI=1S/C26H30FN3O5/c1-3-18-11-7-8-12-30(18)26(33)35-29-24(31)17-13-19-22(16-9-5-4-6-10-16)21(15-27)34-23(19)20(14-17)25(32)28-2/h4-6,9-10,13-14,18,21-22H,3,7-8,11-12,15H2,1-2H3,(H,28,32)(H,29,31). The van der Waals surface area contributed by atoms with Crippen molar-refractivity contribution in [2.45, 2.75) is 50.7 Å². The molecule has 2 heterocycles. The molecule has 4 rings (SSSR count). The van der Waals surface area contributed by atoms with E-state index in [4.69, 9.17) is 9.57 Å². The maximum Gasteiger partial charge on any atom is 0.434 e. The minimum atomic E-state index is -0.836. The van der Waals surface area contributed by atoms with Crippen LogP contribution < -0.4 is 15.5 Å². The summed E-state index contributed by atoms with van der Waals surface area (Å²) >= 11 is 0. The van der Waals surface area contributed by atoms with E-state index in [1.54, 1.807) is 11.0 Å². The first-order valence-electron chi connectivity index (χ1n) is 11.9. The second-order valence-corrected chi connectivity index (χ2v) is 8.77. The summed E-state index contributed by atoms with van der Waals surface area (Å²) in [5.74, 6) is -1.42. The molecule has 2 N–H and O–H groups in total. The lowest BCUT2D eigenvalue weighted by molar-refractivity contribution is 0.0292. The van der Waals surface area contributed by atoms with Crippen molar-refractivity contribution in [3.05, 3.63) is 64.7 Å². The topological polar surface area (TPSA) is 97.0 Å². The van der Waals surface area contributed by atoms with Crippen LogP contribution in [0, 0.1) is 0 Å². The monoisotopic (exact) mass is 483 g/mol. The number of amides is 3. The predicted octanol–water partition coefficient (Wildman–Crippen LogP) is 3.95. The summed E-state index contributed by atoms with van der Waals surface area (Å²) in [5, 5.41) is 2.53. The number of benzene rings is 2. The third-order valence-corrected chi connectivity index (χ3v) is 6.70. The van der Waals surface area contributed by atoms with E-state index < -0.39 is 36.6 Å². The average Bonchev–Trinajstić information content (AvgIpc) is 3.29. The number of hydrogen-bond donors (Lipinski definition) is 2. The molecule has 8 nitrogen and oxygen atoms in total. The second kappa shape index (κ2) is 10.8. The Bertz CT molecular complexity index is 1090. The van der Waals surface area contributed by atoms with Crippen LogP contribution in [-0.4, -0.2) is 55.2 Å². The van der Waals surface area contributed by atoms with Gasteiger partial charge in [-0.05, 0) is 43.4 Å². The molecule has 9 heteroatoms. The SMILES string of the molecule is CCC1CCCCN1C(=O)ONC(=O)c1cc(C(=O)NC)c2c(c1)C(c1ccccc1)C(CF)O2. The molecule has 3 unspecified atom stereocenters. The molecule has 1 fully saturated rings. The lowest BCUT2D eigenvalue weighted by atomic mass is 9.86. The van der Waals surface area contributed by atoms with E-state index in [2.05, 4.69) is 10.8 Å².